The number of hydrogen-bond acceptors (Lipinski definition) is 4. The summed E-state index contributed by atoms with van der Waals surface area (Å²) in [6.07, 6.45) is 1.90. The van der Waals surface area contributed by atoms with Gasteiger partial charge in [0.2, 0.25) is 0 Å². The second-order valence-corrected chi connectivity index (χ2v) is 9.27. The lowest BCUT2D eigenvalue weighted by Gasteiger charge is -2.32. The van der Waals surface area contributed by atoms with Gasteiger partial charge in [0.05, 0.1) is 11.3 Å². The monoisotopic (exact) mass is 451 g/mol. The molecular formula is C29H29N3O2. The zero-order chi connectivity index (χ0) is 24.0. The molecule has 0 saturated heterocycles. The summed E-state index contributed by atoms with van der Waals surface area (Å²) in [5, 5.41) is 0. The third kappa shape index (κ3) is 3.58. The molecule has 0 spiro atoms. The lowest BCUT2D eigenvalue weighted by atomic mass is 9.97. The van der Waals surface area contributed by atoms with Crippen molar-refractivity contribution in [3.63, 3.8) is 0 Å². The van der Waals surface area contributed by atoms with Gasteiger partial charge in [0.15, 0.2) is 0 Å². The molecule has 2 heterocycles. The topological polar surface area (TPSA) is 43.9 Å². The molecule has 3 aromatic rings. The number of amides is 2. The molecule has 0 bridgehead atoms. The molecule has 0 atom stereocenters. The van der Waals surface area contributed by atoms with Crippen LogP contribution in [0, 0.1) is 13.8 Å². The minimum atomic E-state index is -0.276. The van der Waals surface area contributed by atoms with Gasteiger partial charge < -0.3 is 9.80 Å². The molecule has 0 unspecified atom stereocenters. The molecule has 0 aliphatic carbocycles. The van der Waals surface area contributed by atoms with Gasteiger partial charge in [0.1, 0.15) is 5.70 Å². The van der Waals surface area contributed by atoms with E-state index >= 15 is 0 Å². The predicted molar refractivity (Wildman–Crippen MR) is 138 cm³/mol. The number of benzene rings is 3. The van der Waals surface area contributed by atoms with Crippen LogP contribution in [0.5, 0.6) is 0 Å². The molecule has 34 heavy (non-hydrogen) atoms. The number of hydrogen-bond donors (Lipinski definition) is 0. The van der Waals surface area contributed by atoms with Crippen molar-refractivity contribution >= 4 is 34.4 Å². The van der Waals surface area contributed by atoms with E-state index in [0.29, 0.717) is 23.5 Å². The number of fused-ring (bicyclic) bond motifs is 1. The van der Waals surface area contributed by atoms with E-state index in [-0.39, 0.29) is 11.8 Å². The van der Waals surface area contributed by atoms with Crippen molar-refractivity contribution in [3.8, 4) is 0 Å². The molecule has 0 saturated carbocycles. The third-order valence-electron chi connectivity index (χ3n) is 6.84. The van der Waals surface area contributed by atoms with Crippen molar-refractivity contribution in [3.05, 3.63) is 94.7 Å². The zero-order valence-corrected chi connectivity index (χ0v) is 20.1. The van der Waals surface area contributed by atoms with Gasteiger partial charge >= 0.3 is 0 Å². The van der Waals surface area contributed by atoms with E-state index in [0.717, 1.165) is 40.9 Å². The van der Waals surface area contributed by atoms with Gasteiger partial charge in [-0.15, -0.1) is 0 Å². The molecule has 0 aromatic heterocycles. The van der Waals surface area contributed by atoms with E-state index in [1.54, 1.807) is 0 Å². The summed E-state index contributed by atoms with van der Waals surface area (Å²) in [6, 6.07) is 21.7. The highest BCUT2D eigenvalue weighted by Gasteiger charge is 2.43. The Morgan fingerprint density at radius 1 is 0.824 bits per heavy atom. The highest BCUT2D eigenvalue weighted by atomic mass is 16.2. The Hall–Kier alpha value is -3.86. The minimum Gasteiger partial charge on any atom is -0.378 e. The minimum absolute atomic E-state index is 0.272. The summed E-state index contributed by atoms with van der Waals surface area (Å²) in [7, 11) is 3.89. The number of rotatable bonds is 4. The summed E-state index contributed by atoms with van der Waals surface area (Å²) in [4.78, 5) is 33.4. The van der Waals surface area contributed by atoms with Crippen molar-refractivity contribution in [2.24, 2.45) is 0 Å². The van der Waals surface area contributed by atoms with Gasteiger partial charge in [0, 0.05) is 32.0 Å². The molecule has 3 aromatic carbocycles. The molecule has 0 fully saturated rings. The van der Waals surface area contributed by atoms with E-state index in [4.69, 9.17) is 0 Å². The molecule has 0 radical (unpaired) electrons. The Morgan fingerprint density at radius 3 is 2.38 bits per heavy atom. The van der Waals surface area contributed by atoms with Crippen LogP contribution in [-0.2, 0) is 16.0 Å². The van der Waals surface area contributed by atoms with Gasteiger partial charge in [0.25, 0.3) is 11.8 Å². The summed E-state index contributed by atoms with van der Waals surface area (Å²) < 4.78 is 0. The first-order valence-electron chi connectivity index (χ1n) is 11.7. The summed E-state index contributed by atoms with van der Waals surface area (Å²) in [5.74, 6) is -0.548. The molecule has 2 amide bonds. The molecular weight excluding hydrogens is 422 g/mol. The average Bonchev–Trinajstić information content (AvgIpc) is 3.10. The fourth-order valence-corrected chi connectivity index (χ4v) is 4.84. The van der Waals surface area contributed by atoms with Crippen molar-refractivity contribution in [2.45, 2.75) is 26.7 Å². The van der Waals surface area contributed by atoms with E-state index in [9.17, 15) is 9.59 Å². The number of imide groups is 1. The standard InChI is InChI=1S/C29H29N3O2/c1-19-14-15-22(17-20(19)2)26-27(31-16-8-10-21-9-5-6-13-25(21)31)29(34)32(28(26)33)24-12-7-11-23(18-24)30(3)4/h5-7,9,11-15,17-18H,8,10,16H2,1-4H3. The van der Waals surface area contributed by atoms with E-state index in [1.807, 2.05) is 86.6 Å². The Kier molecular flexibility index (Phi) is 5.48. The van der Waals surface area contributed by atoms with Crippen LogP contribution in [0.4, 0.5) is 17.1 Å². The van der Waals surface area contributed by atoms with Gasteiger partial charge in [-0.3, -0.25) is 9.59 Å². The molecule has 5 nitrogen and oxygen atoms in total. The highest BCUT2D eigenvalue weighted by Crippen LogP contribution is 2.40. The van der Waals surface area contributed by atoms with E-state index in [1.165, 1.54) is 10.5 Å². The number of aryl methyl sites for hydroxylation is 3. The maximum atomic E-state index is 14.0. The SMILES string of the molecule is Cc1ccc(C2=C(N3CCCc4ccccc43)C(=O)N(c3cccc(N(C)C)c3)C2=O)cc1C. The molecule has 172 valence electrons. The summed E-state index contributed by atoms with van der Waals surface area (Å²) in [6.45, 7) is 4.79. The van der Waals surface area contributed by atoms with Gasteiger partial charge in [-0.05, 0) is 73.2 Å². The molecule has 5 heteroatoms. The van der Waals surface area contributed by atoms with E-state index < -0.39 is 0 Å². The highest BCUT2D eigenvalue weighted by molar-refractivity contribution is 6.46. The first kappa shape index (κ1) is 22.0. The smallest absolute Gasteiger partial charge is 0.282 e. The Morgan fingerprint density at radius 2 is 1.62 bits per heavy atom. The van der Waals surface area contributed by atoms with Gasteiger partial charge in [-0.1, -0.05) is 42.5 Å². The van der Waals surface area contributed by atoms with Crippen LogP contribution in [0.1, 0.15) is 28.7 Å². The molecule has 0 N–H and O–H groups in total. The third-order valence-corrected chi connectivity index (χ3v) is 6.84. The number of nitrogens with zero attached hydrogens (tertiary/aromatic N) is 3. The summed E-state index contributed by atoms with van der Waals surface area (Å²) in [5.41, 5.74) is 7.70. The van der Waals surface area contributed by atoms with Crippen molar-refractivity contribution < 1.29 is 9.59 Å². The maximum Gasteiger partial charge on any atom is 0.282 e. The Balaban J connectivity index is 1.70. The lowest BCUT2D eigenvalue weighted by molar-refractivity contribution is -0.120. The van der Waals surface area contributed by atoms with Crippen molar-refractivity contribution in [2.75, 3.05) is 35.3 Å². The summed E-state index contributed by atoms with van der Waals surface area (Å²) >= 11 is 0. The van der Waals surface area contributed by atoms with Gasteiger partial charge in [-0.25, -0.2) is 4.90 Å². The van der Waals surface area contributed by atoms with Crippen molar-refractivity contribution in [1.82, 2.24) is 0 Å². The normalized spacial score (nSPS) is 15.8. The fourth-order valence-electron chi connectivity index (χ4n) is 4.84. The van der Waals surface area contributed by atoms with Crippen LogP contribution < -0.4 is 14.7 Å². The van der Waals surface area contributed by atoms with Crippen LogP contribution in [0.2, 0.25) is 0 Å². The van der Waals surface area contributed by atoms with Crippen LogP contribution in [0.25, 0.3) is 5.57 Å². The zero-order valence-electron chi connectivity index (χ0n) is 20.1. The fraction of sp³-hybridized carbons (Fsp3) is 0.241. The van der Waals surface area contributed by atoms with Crippen LogP contribution in [0.3, 0.4) is 0 Å². The average molecular weight is 452 g/mol. The van der Waals surface area contributed by atoms with Crippen LogP contribution in [-0.4, -0.2) is 32.5 Å². The number of carbonyl (C=O) groups excluding carboxylic acids is 2. The lowest BCUT2D eigenvalue weighted by Crippen LogP contribution is -2.37. The number of carbonyl (C=O) groups is 2. The second-order valence-electron chi connectivity index (χ2n) is 9.27. The quantitative estimate of drug-likeness (QED) is 0.517. The first-order valence-corrected chi connectivity index (χ1v) is 11.7. The molecule has 5 rings (SSSR count). The second kappa shape index (κ2) is 8.49. The van der Waals surface area contributed by atoms with E-state index in [2.05, 4.69) is 17.9 Å². The number of anilines is 3. The molecule has 2 aliphatic heterocycles. The van der Waals surface area contributed by atoms with Crippen LogP contribution in [0.15, 0.2) is 72.4 Å². The van der Waals surface area contributed by atoms with Gasteiger partial charge in [-0.2, -0.15) is 0 Å². The van der Waals surface area contributed by atoms with Crippen LogP contribution >= 0.6 is 0 Å². The largest absolute Gasteiger partial charge is 0.378 e. The number of para-hydroxylation sites is 1. The van der Waals surface area contributed by atoms with Crippen molar-refractivity contribution in [1.29, 1.82) is 0 Å². The Labute approximate surface area is 200 Å². The first-order chi connectivity index (χ1) is 16.4. The maximum absolute atomic E-state index is 14.0. The predicted octanol–water partition coefficient (Wildman–Crippen LogP) is 5.11. The Bertz CT molecular complexity index is 1340. The molecule has 2 aliphatic rings.